The summed E-state index contributed by atoms with van der Waals surface area (Å²) in [5.74, 6) is -1.60. The summed E-state index contributed by atoms with van der Waals surface area (Å²) in [5.41, 5.74) is 0. The van der Waals surface area contributed by atoms with Crippen molar-refractivity contribution in [1.82, 2.24) is 0 Å². The van der Waals surface area contributed by atoms with Crippen molar-refractivity contribution < 1.29 is 75.8 Å². The first-order valence-corrected chi connectivity index (χ1v) is 32.9. The molecule has 0 rings (SSSR count). The maximum Gasteiger partial charge on any atom is 0.472 e. The summed E-state index contributed by atoms with van der Waals surface area (Å²) in [5, 5.41) is 20.4. The largest absolute Gasteiger partial charge is 0.472 e. The molecule has 0 spiro atoms. The number of carbonyl (C=O) groups excluding carboxylic acids is 3. The number of hydrogen-bond donors (Lipinski definition) is 4. The standard InChI is InChI=1S/C59H108O16P2/c1-4-7-10-13-16-19-22-25-26-29-31-33-36-39-42-45-57(62)69-48-54(60)49-71-76(65,66)72-50-55(61)51-73-77(67,68)74-53-56(75-59(64)47-44-41-38-35-32-28-24-21-18-15-12-9-6-3)52-70-58(63)46-43-40-37-34-30-27-23-20-17-14-11-8-5-2/h11,14,20-21,23-26,54-56,60-61H,4-10,12-13,15-19,22,27-53H2,1-3H3,(H,65,66)(H,67,68)/b14-11-,23-20-,24-21-,26-25-. The molecule has 450 valence electrons. The van der Waals surface area contributed by atoms with Crippen LogP contribution >= 0.6 is 15.6 Å². The lowest BCUT2D eigenvalue weighted by Crippen LogP contribution is -2.30. The van der Waals surface area contributed by atoms with Crippen LogP contribution in [0.25, 0.3) is 0 Å². The molecule has 0 fully saturated rings. The highest BCUT2D eigenvalue weighted by atomic mass is 31.2. The fraction of sp³-hybridized carbons (Fsp3) is 0.814. The van der Waals surface area contributed by atoms with E-state index in [9.17, 15) is 43.5 Å². The van der Waals surface area contributed by atoms with E-state index in [2.05, 4.69) is 69.4 Å². The van der Waals surface area contributed by atoms with Gasteiger partial charge in [-0.05, 0) is 96.3 Å². The molecule has 0 aliphatic carbocycles. The highest BCUT2D eigenvalue weighted by Crippen LogP contribution is 2.45. The number of aliphatic hydroxyl groups excluding tert-OH is 2. The minimum Gasteiger partial charge on any atom is -0.463 e. The zero-order valence-electron chi connectivity index (χ0n) is 48.1. The van der Waals surface area contributed by atoms with E-state index in [1.807, 2.05) is 0 Å². The van der Waals surface area contributed by atoms with E-state index in [-0.39, 0.29) is 19.3 Å². The van der Waals surface area contributed by atoms with Gasteiger partial charge in [0.15, 0.2) is 6.10 Å². The van der Waals surface area contributed by atoms with Crippen LogP contribution in [0.4, 0.5) is 0 Å². The zero-order valence-corrected chi connectivity index (χ0v) is 49.9. The van der Waals surface area contributed by atoms with Gasteiger partial charge in [0.2, 0.25) is 0 Å². The minimum absolute atomic E-state index is 0.0938. The van der Waals surface area contributed by atoms with Crippen molar-refractivity contribution in [2.75, 3.05) is 39.6 Å². The lowest BCUT2D eigenvalue weighted by molar-refractivity contribution is -0.161. The molecule has 16 nitrogen and oxygen atoms in total. The van der Waals surface area contributed by atoms with Gasteiger partial charge in [0.1, 0.15) is 25.4 Å². The topological polar surface area (TPSA) is 231 Å². The van der Waals surface area contributed by atoms with E-state index < -0.39 is 91.5 Å². The van der Waals surface area contributed by atoms with Gasteiger partial charge in [-0.3, -0.25) is 32.5 Å². The lowest BCUT2D eigenvalue weighted by Gasteiger charge is -2.21. The van der Waals surface area contributed by atoms with Crippen molar-refractivity contribution in [3.8, 4) is 0 Å². The molecule has 0 heterocycles. The Morgan fingerprint density at radius 3 is 1.09 bits per heavy atom. The fourth-order valence-electron chi connectivity index (χ4n) is 7.83. The summed E-state index contributed by atoms with van der Waals surface area (Å²) in [6, 6.07) is 0. The van der Waals surface area contributed by atoms with E-state index in [0.717, 1.165) is 128 Å². The van der Waals surface area contributed by atoms with Gasteiger partial charge >= 0.3 is 33.6 Å². The molecular formula is C59H108O16P2. The summed E-state index contributed by atoms with van der Waals surface area (Å²) in [7, 11) is -9.75. The number of carbonyl (C=O) groups is 3. The molecule has 0 radical (unpaired) electrons. The van der Waals surface area contributed by atoms with Crippen molar-refractivity contribution in [2.24, 2.45) is 0 Å². The van der Waals surface area contributed by atoms with Crippen LogP contribution in [0.1, 0.15) is 252 Å². The van der Waals surface area contributed by atoms with Crippen LogP contribution in [0.3, 0.4) is 0 Å². The molecule has 0 aliphatic heterocycles. The van der Waals surface area contributed by atoms with Crippen LogP contribution in [0.2, 0.25) is 0 Å². The van der Waals surface area contributed by atoms with Crippen molar-refractivity contribution >= 4 is 33.6 Å². The molecule has 0 aromatic heterocycles. The molecule has 0 aliphatic rings. The van der Waals surface area contributed by atoms with E-state index in [1.165, 1.54) is 64.2 Å². The molecular weight excluding hydrogens is 1030 g/mol. The molecule has 77 heavy (non-hydrogen) atoms. The summed E-state index contributed by atoms with van der Waals surface area (Å²) in [6.45, 7) is 2.53. The Morgan fingerprint density at radius 2 is 0.675 bits per heavy atom. The van der Waals surface area contributed by atoms with Crippen molar-refractivity contribution in [1.29, 1.82) is 0 Å². The summed E-state index contributed by atoms with van der Waals surface area (Å²) >= 11 is 0. The molecule has 0 bridgehead atoms. The van der Waals surface area contributed by atoms with Crippen molar-refractivity contribution in [2.45, 2.75) is 270 Å². The maximum atomic E-state index is 12.8. The lowest BCUT2D eigenvalue weighted by atomic mass is 10.1. The molecule has 0 saturated heterocycles. The molecule has 18 heteroatoms. The van der Waals surface area contributed by atoms with E-state index in [0.29, 0.717) is 19.3 Å². The first-order valence-electron chi connectivity index (χ1n) is 29.9. The average molecular weight is 1140 g/mol. The van der Waals surface area contributed by atoms with Crippen LogP contribution in [0, 0.1) is 0 Å². The third-order valence-corrected chi connectivity index (χ3v) is 14.4. The van der Waals surface area contributed by atoms with Gasteiger partial charge in [-0.2, -0.15) is 0 Å². The number of rotatable bonds is 57. The van der Waals surface area contributed by atoms with E-state index >= 15 is 0 Å². The predicted octanol–water partition coefficient (Wildman–Crippen LogP) is 15.3. The number of phosphoric acid groups is 2. The van der Waals surface area contributed by atoms with Gasteiger partial charge in [-0.25, -0.2) is 9.13 Å². The number of ether oxygens (including phenoxy) is 3. The third-order valence-electron chi connectivity index (χ3n) is 12.5. The third kappa shape index (κ3) is 55.2. The Kier molecular flexibility index (Phi) is 52.4. The van der Waals surface area contributed by atoms with Crippen molar-refractivity contribution in [3.05, 3.63) is 48.6 Å². The highest BCUT2D eigenvalue weighted by Gasteiger charge is 2.29. The molecule has 0 aromatic rings. The van der Waals surface area contributed by atoms with Crippen molar-refractivity contribution in [3.63, 3.8) is 0 Å². The summed E-state index contributed by atoms with van der Waals surface area (Å²) in [4.78, 5) is 58.0. The molecule has 5 unspecified atom stereocenters. The summed E-state index contributed by atoms with van der Waals surface area (Å²) in [6.07, 6.45) is 49.0. The second kappa shape index (κ2) is 54.1. The number of allylic oxidation sites excluding steroid dienone is 8. The fourth-order valence-corrected chi connectivity index (χ4v) is 9.42. The van der Waals surface area contributed by atoms with Crippen LogP contribution in [0.15, 0.2) is 48.6 Å². The van der Waals surface area contributed by atoms with Gasteiger partial charge in [0.25, 0.3) is 0 Å². The van der Waals surface area contributed by atoms with Gasteiger partial charge < -0.3 is 34.2 Å². The first kappa shape index (κ1) is 74.5. The number of unbranched alkanes of at least 4 members (excludes halogenated alkanes) is 26. The molecule has 0 aromatic carbocycles. The molecule has 4 N–H and O–H groups in total. The normalized spacial score (nSPS) is 14.8. The number of esters is 3. The smallest absolute Gasteiger partial charge is 0.463 e. The maximum absolute atomic E-state index is 12.8. The zero-order chi connectivity index (χ0) is 56.8. The predicted molar refractivity (Wildman–Crippen MR) is 307 cm³/mol. The van der Waals surface area contributed by atoms with Gasteiger partial charge in [-0.1, -0.05) is 185 Å². The van der Waals surface area contributed by atoms with Crippen LogP contribution in [0.5, 0.6) is 0 Å². The Morgan fingerprint density at radius 1 is 0.364 bits per heavy atom. The highest BCUT2D eigenvalue weighted by molar-refractivity contribution is 7.47. The first-order chi connectivity index (χ1) is 37.2. The van der Waals surface area contributed by atoms with E-state index in [4.69, 9.17) is 32.3 Å². The van der Waals surface area contributed by atoms with Gasteiger partial charge in [-0.15, -0.1) is 0 Å². The molecule has 0 amide bonds. The Balaban J connectivity index is 4.69. The Bertz CT molecular complexity index is 1620. The monoisotopic (exact) mass is 1130 g/mol. The number of hydrogen-bond acceptors (Lipinski definition) is 14. The molecule has 5 atom stereocenters. The van der Waals surface area contributed by atoms with Gasteiger partial charge in [0, 0.05) is 19.3 Å². The number of aliphatic hydroxyl groups is 2. The van der Waals surface area contributed by atoms with E-state index in [1.54, 1.807) is 0 Å². The van der Waals surface area contributed by atoms with Crippen LogP contribution in [-0.2, 0) is 55.8 Å². The Labute approximate surface area is 466 Å². The van der Waals surface area contributed by atoms with Gasteiger partial charge in [0.05, 0.1) is 26.4 Å². The number of phosphoric ester groups is 2. The van der Waals surface area contributed by atoms with Crippen LogP contribution < -0.4 is 0 Å². The SMILES string of the molecule is CCC/C=C\C/C=C\CCCCCCCC(=O)OCC(COP(=O)(O)OCC(O)COP(=O)(O)OCC(O)COC(=O)CCCCCCC/C=C\CCCCCCCC)OC(=O)CCCCCCC/C=C\CCCCCC. The second-order valence-electron chi connectivity index (χ2n) is 20.1. The second-order valence-corrected chi connectivity index (χ2v) is 23.0. The molecule has 0 saturated carbocycles. The minimum atomic E-state index is -4.91. The van der Waals surface area contributed by atoms with Crippen LogP contribution in [-0.4, -0.2) is 95.9 Å². The summed E-state index contributed by atoms with van der Waals surface area (Å²) < 4.78 is 60.5. The average Bonchev–Trinajstić information content (AvgIpc) is 3.40. The quantitative estimate of drug-likeness (QED) is 0.0146. The Hall–Kier alpha value is -2.49.